The maximum atomic E-state index is 14.7. The van der Waals surface area contributed by atoms with Crippen molar-refractivity contribution in [2.75, 3.05) is 0 Å². The number of pyridine rings is 2. The summed E-state index contributed by atoms with van der Waals surface area (Å²) < 4.78 is 44.2. The monoisotopic (exact) mass is 459 g/mol. The van der Waals surface area contributed by atoms with Crippen molar-refractivity contribution in [2.24, 2.45) is 5.41 Å². The van der Waals surface area contributed by atoms with Crippen LogP contribution in [-0.2, 0) is 16.1 Å². The number of nitrogens with zero attached hydrogens (tertiary/aromatic N) is 2. The van der Waals surface area contributed by atoms with Crippen LogP contribution < -0.4 is 10.3 Å². The number of halogens is 3. The molecule has 0 saturated heterocycles. The van der Waals surface area contributed by atoms with Crippen molar-refractivity contribution in [2.45, 2.75) is 44.9 Å². The topological polar surface area (TPSA) is 93.5 Å². The highest BCUT2D eigenvalue weighted by molar-refractivity contribution is 6.14. The van der Waals surface area contributed by atoms with E-state index >= 15 is 0 Å². The van der Waals surface area contributed by atoms with Gasteiger partial charge in [0.05, 0.1) is 17.7 Å². The molecule has 0 fully saturated rings. The van der Waals surface area contributed by atoms with Crippen molar-refractivity contribution in [1.82, 2.24) is 15.2 Å². The van der Waals surface area contributed by atoms with Crippen molar-refractivity contribution in [3.05, 3.63) is 71.4 Å². The molecule has 1 aliphatic carbocycles. The number of ketones is 1. The first-order chi connectivity index (χ1) is 15.5. The third kappa shape index (κ3) is 3.79. The summed E-state index contributed by atoms with van der Waals surface area (Å²) in [4.78, 5) is 47.0. The summed E-state index contributed by atoms with van der Waals surface area (Å²) in [6.07, 6.45) is 0.299. The van der Waals surface area contributed by atoms with Gasteiger partial charge in [0.2, 0.25) is 5.54 Å². The van der Waals surface area contributed by atoms with Crippen LogP contribution in [0.4, 0.5) is 13.2 Å². The van der Waals surface area contributed by atoms with Crippen molar-refractivity contribution in [3.8, 4) is 0 Å². The second kappa shape index (κ2) is 7.79. The van der Waals surface area contributed by atoms with Crippen LogP contribution in [0.15, 0.2) is 60.3 Å². The summed E-state index contributed by atoms with van der Waals surface area (Å²) in [6, 6.07) is 5.98. The van der Waals surface area contributed by atoms with Crippen molar-refractivity contribution >= 4 is 17.6 Å². The highest BCUT2D eigenvalue weighted by Crippen LogP contribution is 2.52. The van der Waals surface area contributed by atoms with Crippen LogP contribution in [-0.4, -0.2) is 39.2 Å². The van der Waals surface area contributed by atoms with E-state index in [-0.39, 0.29) is 30.6 Å². The van der Waals surface area contributed by atoms with Crippen LogP contribution in [0.1, 0.15) is 42.6 Å². The predicted molar refractivity (Wildman–Crippen MR) is 109 cm³/mol. The Balaban J connectivity index is 1.88. The largest absolute Gasteiger partial charge is 0.425 e. The molecule has 2 amide bonds. The number of aromatic nitrogens is 2. The van der Waals surface area contributed by atoms with Gasteiger partial charge in [-0.2, -0.15) is 13.2 Å². The summed E-state index contributed by atoms with van der Waals surface area (Å²) in [7, 11) is 0. The molecule has 1 unspecified atom stereocenters. The quantitative estimate of drug-likeness (QED) is 0.761. The number of rotatable bonds is 4. The SMILES string of the molecule is CC1(C)CC(=O)C2=C(C1)N(Cc1ccc[nH+]c1)C(=O)C2(NC(=O)c1cccnc1)C(F)(F)F. The maximum Gasteiger partial charge on any atom is 0.425 e. The van der Waals surface area contributed by atoms with Gasteiger partial charge >= 0.3 is 6.18 Å². The lowest BCUT2D eigenvalue weighted by atomic mass is 9.72. The molecule has 1 aliphatic heterocycles. The first-order valence-electron chi connectivity index (χ1n) is 10.3. The van der Waals surface area contributed by atoms with Crippen LogP contribution >= 0.6 is 0 Å². The van der Waals surface area contributed by atoms with Gasteiger partial charge in [-0.3, -0.25) is 19.4 Å². The minimum Gasteiger partial charge on any atom is -0.326 e. The lowest BCUT2D eigenvalue weighted by molar-refractivity contribution is -0.378. The molecule has 7 nitrogen and oxygen atoms in total. The lowest BCUT2D eigenvalue weighted by Crippen LogP contribution is -2.66. The first kappa shape index (κ1) is 22.6. The van der Waals surface area contributed by atoms with E-state index in [0.717, 1.165) is 11.1 Å². The molecule has 0 bridgehead atoms. The summed E-state index contributed by atoms with van der Waals surface area (Å²) in [5, 5.41) is 1.89. The van der Waals surface area contributed by atoms with Crippen LogP contribution in [0.2, 0.25) is 0 Å². The summed E-state index contributed by atoms with van der Waals surface area (Å²) in [5.74, 6) is -3.35. The highest BCUT2D eigenvalue weighted by atomic mass is 19.4. The molecular formula is C23H22F3N4O3+. The zero-order valence-corrected chi connectivity index (χ0v) is 18.0. The second-order valence-corrected chi connectivity index (χ2v) is 9.01. The predicted octanol–water partition coefficient (Wildman–Crippen LogP) is 2.61. The molecule has 10 heteroatoms. The summed E-state index contributed by atoms with van der Waals surface area (Å²) in [5.41, 5.74) is -4.43. The van der Waals surface area contributed by atoms with Gasteiger partial charge in [-0.1, -0.05) is 13.8 Å². The van der Waals surface area contributed by atoms with Gasteiger partial charge in [0.25, 0.3) is 11.8 Å². The Morgan fingerprint density at radius 3 is 2.58 bits per heavy atom. The molecule has 2 aromatic rings. The van der Waals surface area contributed by atoms with E-state index in [1.54, 1.807) is 38.4 Å². The number of alkyl halides is 3. The Bertz CT molecular complexity index is 1150. The van der Waals surface area contributed by atoms with Gasteiger partial charge < -0.3 is 10.2 Å². The molecule has 172 valence electrons. The molecule has 1 atom stereocenters. The minimum absolute atomic E-state index is 0.00563. The molecule has 4 rings (SSSR count). The zero-order valence-electron chi connectivity index (χ0n) is 18.0. The molecule has 33 heavy (non-hydrogen) atoms. The Kier molecular flexibility index (Phi) is 5.34. The van der Waals surface area contributed by atoms with Gasteiger partial charge in [0.15, 0.2) is 18.2 Å². The van der Waals surface area contributed by atoms with Crippen molar-refractivity contribution < 1.29 is 32.5 Å². The number of aromatic amines is 1. The molecule has 0 radical (unpaired) electrons. The Morgan fingerprint density at radius 2 is 1.97 bits per heavy atom. The number of allylic oxidation sites excluding steroid dienone is 1. The zero-order chi connectivity index (χ0) is 24.0. The molecule has 2 aromatic heterocycles. The Morgan fingerprint density at radius 1 is 1.21 bits per heavy atom. The van der Waals surface area contributed by atoms with Crippen LogP contribution in [0.25, 0.3) is 0 Å². The van der Waals surface area contributed by atoms with E-state index in [4.69, 9.17) is 0 Å². The normalized spacial score (nSPS) is 22.4. The number of nitrogens with one attached hydrogen (secondary N) is 2. The maximum absolute atomic E-state index is 14.7. The van der Waals surface area contributed by atoms with E-state index in [1.165, 1.54) is 18.3 Å². The average molecular weight is 459 g/mol. The fraction of sp³-hybridized carbons (Fsp3) is 0.348. The first-order valence-corrected chi connectivity index (χ1v) is 10.3. The number of amides is 2. The third-order valence-electron chi connectivity index (χ3n) is 5.88. The van der Waals surface area contributed by atoms with Gasteiger partial charge in [0.1, 0.15) is 0 Å². The van der Waals surface area contributed by atoms with E-state index in [1.807, 2.05) is 5.32 Å². The van der Waals surface area contributed by atoms with E-state index in [2.05, 4.69) is 9.97 Å². The number of hydrogen-bond donors (Lipinski definition) is 1. The Hall–Kier alpha value is -3.56. The van der Waals surface area contributed by atoms with Crippen LogP contribution in [0, 0.1) is 5.41 Å². The van der Waals surface area contributed by atoms with Crippen molar-refractivity contribution in [1.29, 1.82) is 0 Å². The molecule has 2 aliphatic rings. The number of carbonyl (C=O) groups is 3. The standard InChI is InChI=1S/C23H21F3N4O3/c1-21(2)9-16-18(17(31)10-21)22(23(24,25)26,29-19(32)15-6-4-8-28-12-15)20(33)30(16)13-14-5-3-7-27-11-14/h3-8,11-12H,9-10,13H2,1-2H3,(H,29,32)/p+1. The summed E-state index contributed by atoms with van der Waals surface area (Å²) in [6.45, 7) is 3.34. The van der Waals surface area contributed by atoms with Gasteiger partial charge in [-0.05, 0) is 30.0 Å². The number of Topliss-reactive ketones (excluding diaryl/α,β-unsaturated/α-hetero) is 1. The molecule has 0 aromatic carbocycles. The van der Waals surface area contributed by atoms with E-state index < -0.39 is 40.3 Å². The smallest absolute Gasteiger partial charge is 0.326 e. The van der Waals surface area contributed by atoms with Gasteiger partial charge in [0, 0.05) is 36.1 Å². The average Bonchev–Trinajstić information content (AvgIpc) is 2.97. The number of hydrogen-bond acceptors (Lipinski definition) is 4. The van der Waals surface area contributed by atoms with Crippen LogP contribution in [0.3, 0.4) is 0 Å². The van der Waals surface area contributed by atoms with E-state index in [9.17, 15) is 27.6 Å². The third-order valence-corrected chi connectivity index (χ3v) is 5.88. The summed E-state index contributed by atoms with van der Waals surface area (Å²) >= 11 is 0. The number of H-pyrrole nitrogens is 1. The van der Waals surface area contributed by atoms with Crippen molar-refractivity contribution in [3.63, 3.8) is 0 Å². The lowest BCUT2D eigenvalue weighted by Gasteiger charge is -2.35. The fourth-order valence-electron chi connectivity index (χ4n) is 4.44. The molecular weight excluding hydrogens is 437 g/mol. The van der Waals surface area contributed by atoms with E-state index in [0.29, 0.717) is 5.56 Å². The highest BCUT2D eigenvalue weighted by Gasteiger charge is 2.71. The molecule has 3 heterocycles. The van der Waals surface area contributed by atoms with Gasteiger partial charge in [-0.25, -0.2) is 4.98 Å². The van der Waals surface area contributed by atoms with Gasteiger partial charge in [-0.15, -0.1) is 0 Å². The second-order valence-electron chi connectivity index (χ2n) is 9.01. The fourth-order valence-corrected chi connectivity index (χ4v) is 4.44. The Labute approximate surface area is 187 Å². The minimum atomic E-state index is -5.25. The molecule has 0 spiro atoms. The van der Waals surface area contributed by atoms with Crippen LogP contribution in [0.5, 0.6) is 0 Å². The molecule has 0 saturated carbocycles. The molecule has 2 N–H and O–H groups in total. The number of carbonyl (C=O) groups excluding carboxylic acids is 3.